The Kier molecular flexibility index (Phi) is 2.93. The van der Waals surface area contributed by atoms with Crippen molar-refractivity contribution in [1.82, 2.24) is 14.5 Å². The van der Waals surface area contributed by atoms with Gasteiger partial charge in [0.05, 0.1) is 19.8 Å². The highest BCUT2D eigenvalue weighted by atomic mass is 127. The average Bonchev–Trinajstić information content (AvgIpc) is 2.27. The molecule has 0 radical (unpaired) electrons. The predicted octanol–water partition coefficient (Wildman–Crippen LogP) is -3.31. The Bertz CT molecular complexity index is 476. The minimum atomic E-state index is 0. The maximum absolute atomic E-state index is 5.56. The average molecular weight is 305 g/mol. The van der Waals surface area contributed by atoms with Gasteiger partial charge in [-0.2, -0.15) is 4.98 Å². The van der Waals surface area contributed by atoms with Gasteiger partial charge in [-0.1, -0.05) is 4.98 Å². The van der Waals surface area contributed by atoms with Gasteiger partial charge in [0.1, 0.15) is 0 Å². The Balaban J connectivity index is 0.000000980. The van der Waals surface area contributed by atoms with Crippen LogP contribution >= 0.6 is 0 Å². The number of aromatic nitrogens is 4. The van der Waals surface area contributed by atoms with Gasteiger partial charge in [-0.25, -0.2) is 4.57 Å². The van der Waals surface area contributed by atoms with Crippen LogP contribution in [0.2, 0.25) is 0 Å². The molecule has 2 rings (SSSR count). The van der Waals surface area contributed by atoms with E-state index < -0.39 is 0 Å². The second-order valence-corrected chi connectivity index (χ2v) is 3.18. The number of rotatable bonds is 0. The number of imidazole rings is 1. The first-order valence-corrected chi connectivity index (χ1v) is 4.04. The molecule has 76 valence electrons. The summed E-state index contributed by atoms with van der Waals surface area (Å²) in [4.78, 5) is 8.27. The fourth-order valence-electron chi connectivity index (χ4n) is 1.60. The molecule has 0 saturated carbocycles. The summed E-state index contributed by atoms with van der Waals surface area (Å²) < 4.78 is 3.92. The van der Waals surface area contributed by atoms with Crippen LogP contribution in [0.1, 0.15) is 5.69 Å². The molecule has 5 nitrogen and oxygen atoms in total. The van der Waals surface area contributed by atoms with Crippen LogP contribution in [-0.4, -0.2) is 14.5 Å². The monoisotopic (exact) mass is 305 g/mol. The van der Waals surface area contributed by atoms with E-state index in [4.69, 9.17) is 5.73 Å². The summed E-state index contributed by atoms with van der Waals surface area (Å²) >= 11 is 0. The van der Waals surface area contributed by atoms with Crippen LogP contribution in [0, 0.1) is 6.92 Å². The second-order valence-electron chi connectivity index (χ2n) is 3.18. The number of nitrogens with two attached hydrogens (primary N) is 1. The van der Waals surface area contributed by atoms with Gasteiger partial charge in [-0.15, -0.1) is 0 Å². The summed E-state index contributed by atoms with van der Waals surface area (Å²) in [5.74, 6) is 0.326. The molecule has 2 heterocycles. The quantitative estimate of drug-likeness (QED) is 0.409. The standard InChI is InChI=1S/C8H12N5.HI/c1-5-6-7(11-8(9)10-5)13(3)4-12(6)2;/h4H,1-3H3,(H2,9,10,11);1H/q+1;/p-1. The number of fused-ring (bicyclic) bond motifs is 1. The third-order valence-corrected chi connectivity index (χ3v) is 2.09. The molecule has 0 saturated heterocycles. The van der Waals surface area contributed by atoms with E-state index in [1.807, 2.05) is 36.5 Å². The van der Waals surface area contributed by atoms with Crippen molar-refractivity contribution in [2.24, 2.45) is 14.1 Å². The molecule has 14 heavy (non-hydrogen) atoms. The van der Waals surface area contributed by atoms with Gasteiger partial charge in [-0.05, 0) is 6.92 Å². The Hall–Kier alpha value is -0.920. The molecule has 0 spiro atoms. The lowest BCUT2D eigenvalue weighted by Crippen LogP contribution is -3.00. The summed E-state index contributed by atoms with van der Waals surface area (Å²) in [6.07, 6.45) is 1.95. The van der Waals surface area contributed by atoms with Crippen LogP contribution in [0.3, 0.4) is 0 Å². The van der Waals surface area contributed by atoms with E-state index in [1.165, 1.54) is 0 Å². The highest BCUT2D eigenvalue weighted by molar-refractivity contribution is 5.71. The molecule has 6 heteroatoms. The molecule has 0 amide bonds. The molecule has 0 unspecified atom stereocenters. The van der Waals surface area contributed by atoms with Crippen molar-refractivity contribution in [2.45, 2.75) is 6.92 Å². The number of aryl methyl sites for hydroxylation is 3. The minimum absolute atomic E-state index is 0. The lowest BCUT2D eigenvalue weighted by Gasteiger charge is -1.92. The molecule has 0 bridgehead atoms. The summed E-state index contributed by atoms with van der Waals surface area (Å²) in [7, 11) is 3.91. The molecular weight excluding hydrogens is 293 g/mol. The van der Waals surface area contributed by atoms with Crippen LogP contribution in [0.15, 0.2) is 6.33 Å². The molecule has 2 aromatic rings. The smallest absolute Gasteiger partial charge is 0.307 e. The molecule has 0 fully saturated rings. The SMILES string of the molecule is Cc1nc(N)nc2c1n(C)c[n+]2C.[I-]. The Labute approximate surface area is 99.0 Å². The zero-order chi connectivity index (χ0) is 9.59. The van der Waals surface area contributed by atoms with Gasteiger partial charge in [0.25, 0.3) is 5.95 Å². The van der Waals surface area contributed by atoms with Gasteiger partial charge in [0, 0.05) is 0 Å². The zero-order valence-corrected chi connectivity index (χ0v) is 10.5. The Morgan fingerprint density at radius 3 is 2.71 bits per heavy atom. The lowest BCUT2D eigenvalue weighted by atomic mass is 10.4. The van der Waals surface area contributed by atoms with E-state index in [9.17, 15) is 0 Å². The third-order valence-electron chi connectivity index (χ3n) is 2.09. The van der Waals surface area contributed by atoms with E-state index >= 15 is 0 Å². The molecule has 2 N–H and O–H groups in total. The summed E-state index contributed by atoms with van der Waals surface area (Å²) in [6, 6.07) is 0. The highest BCUT2D eigenvalue weighted by Crippen LogP contribution is 2.11. The topological polar surface area (TPSA) is 60.6 Å². The number of anilines is 1. The lowest BCUT2D eigenvalue weighted by molar-refractivity contribution is -0.647. The maximum Gasteiger partial charge on any atom is 0.307 e. The van der Waals surface area contributed by atoms with Gasteiger partial charge < -0.3 is 29.7 Å². The fraction of sp³-hybridized carbons (Fsp3) is 0.375. The van der Waals surface area contributed by atoms with Crippen molar-refractivity contribution in [3.05, 3.63) is 12.0 Å². The van der Waals surface area contributed by atoms with Crippen molar-refractivity contribution in [2.75, 3.05) is 5.73 Å². The van der Waals surface area contributed by atoms with E-state index in [0.29, 0.717) is 5.95 Å². The maximum atomic E-state index is 5.56. The number of hydrogen-bond donors (Lipinski definition) is 1. The van der Waals surface area contributed by atoms with Crippen LogP contribution in [0.4, 0.5) is 5.95 Å². The molecule has 0 aliphatic carbocycles. The molecule has 0 aliphatic rings. The first-order valence-electron chi connectivity index (χ1n) is 4.04. The Morgan fingerprint density at radius 1 is 1.43 bits per heavy atom. The van der Waals surface area contributed by atoms with Gasteiger partial charge in [0.15, 0.2) is 11.8 Å². The van der Waals surface area contributed by atoms with Crippen LogP contribution < -0.4 is 34.3 Å². The van der Waals surface area contributed by atoms with Crippen molar-refractivity contribution in [3.8, 4) is 0 Å². The van der Waals surface area contributed by atoms with E-state index in [-0.39, 0.29) is 24.0 Å². The second kappa shape index (κ2) is 3.68. The predicted molar refractivity (Wildman–Crippen MR) is 48.8 cm³/mol. The van der Waals surface area contributed by atoms with Crippen LogP contribution in [0.25, 0.3) is 11.2 Å². The van der Waals surface area contributed by atoms with Crippen molar-refractivity contribution >= 4 is 17.1 Å². The normalized spacial score (nSPS) is 10.2. The van der Waals surface area contributed by atoms with Crippen molar-refractivity contribution < 1.29 is 28.5 Å². The molecule has 0 atom stereocenters. The third kappa shape index (κ3) is 1.54. The molecule has 0 aromatic carbocycles. The highest BCUT2D eigenvalue weighted by Gasteiger charge is 2.16. The first-order chi connectivity index (χ1) is 6.09. The van der Waals surface area contributed by atoms with Crippen LogP contribution in [-0.2, 0) is 14.1 Å². The van der Waals surface area contributed by atoms with E-state index in [0.717, 1.165) is 16.9 Å². The zero-order valence-electron chi connectivity index (χ0n) is 8.32. The summed E-state index contributed by atoms with van der Waals surface area (Å²) in [6.45, 7) is 1.93. The van der Waals surface area contributed by atoms with E-state index in [2.05, 4.69) is 9.97 Å². The largest absolute Gasteiger partial charge is 1.00 e. The van der Waals surface area contributed by atoms with Crippen LogP contribution in [0.5, 0.6) is 0 Å². The van der Waals surface area contributed by atoms with E-state index in [1.54, 1.807) is 0 Å². The van der Waals surface area contributed by atoms with Gasteiger partial charge in [-0.3, -0.25) is 4.57 Å². The number of nitrogens with zero attached hydrogens (tertiary/aromatic N) is 4. The number of halogens is 1. The number of nitrogen functional groups attached to an aromatic ring is 1. The first kappa shape index (κ1) is 11.2. The van der Waals surface area contributed by atoms with Crippen molar-refractivity contribution in [3.63, 3.8) is 0 Å². The summed E-state index contributed by atoms with van der Waals surface area (Å²) in [5, 5.41) is 0. The molecule has 2 aromatic heterocycles. The molecule has 0 aliphatic heterocycles. The summed E-state index contributed by atoms with van der Waals surface area (Å²) in [5.41, 5.74) is 8.36. The van der Waals surface area contributed by atoms with Gasteiger partial charge >= 0.3 is 5.65 Å². The fourth-order valence-corrected chi connectivity index (χ4v) is 1.60. The van der Waals surface area contributed by atoms with Crippen molar-refractivity contribution in [1.29, 1.82) is 0 Å². The molecular formula is C8H12IN5. The van der Waals surface area contributed by atoms with Gasteiger partial charge in [0.2, 0.25) is 0 Å². The number of hydrogen-bond acceptors (Lipinski definition) is 3. The minimum Gasteiger partial charge on any atom is -1.00 e. The Morgan fingerprint density at radius 2 is 2.07 bits per heavy atom.